The quantitative estimate of drug-likeness (QED) is 0.579. The van der Waals surface area contributed by atoms with Crippen LogP contribution in [-0.2, 0) is 4.79 Å². The van der Waals surface area contributed by atoms with Crippen molar-refractivity contribution in [3.8, 4) is 5.75 Å². The molecule has 0 radical (unpaired) electrons. The Morgan fingerprint density at radius 1 is 1.00 bits per heavy atom. The van der Waals surface area contributed by atoms with Crippen LogP contribution in [0.25, 0.3) is 6.08 Å². The molecule has 0 aliphatic carbocycles. The van der Waals surface area contributed by atoms with Gasteiger partial charge in [0.15, 0.2) is 0 Å². The van der Waals surface area contributed by atoms with Crippen LogP contribution in [-0.4, -0.2) is 18.9 Å². The summed E-state index contributed by atoms with van der Waals surface area (Å²) in [6.45, 7) is 3.94. The zero-order valence-electron chi connectivity index (χ0n) is 16.5. The molecule has 6 heteroatoms. The molecule has 3 rings (SSSR count). The summed E-state index contributed by atoms with van der Waals surface area (Å²) in [5.41, 5.74) is 3.38. The maximum absolute atomic E-state index is 12.9. The van der Waals surface area contributed by atoms with E-state index in [1.54, 1.807) is 37.5 Å². The Labute approximate surface area is 174 Å². The molecule has 0 saturated heterocycles. The third-order valence-electron chi connectivity index (χ3n) is 4.15. The van der Waals surface area contributed by atoms with E-state index in [1.807, 2.05) is 49.6 Å². The van der Waals surface area contributed by atoms with E-state index in [2.05, 4.69) is 10.6 Å². The smallest absolute Gasteiger partial charge is 0.272 e. The van der Waals surface area contributed by atoms with E-state index in [4.69, 9.17) is 4.74 Å². The number of nitrogens with one attached hydrogen (secondary N) is 2. The number of ether oxygens (including phenoxy) is 1. The van der Waals surface area contributed by atoms with Gasteiger partial charge in [0.05, 0.1) is 7.11 Å². The Hall–Kier alpha value is -3.38. The molecule has 0 unspecified atom stereocenters. The van der Waals surface area contributed by atoms with Gasteiger partial charge >= 0.3 is 0 Å². The standard InChI is InChI=1S/C23H22N2O3S/c1-15-11-16(2)13-18(12-15)24-23(27)21(14-20-5-4-10-29-20)25-22(26)17-6-8-19(28-3)9-7-17/h4-14H,1-3H3,(H,24,27)(H,25,26)/b21-14-. The zero-order valence-corrected chi connectivity index (χ0v) is 17.3. The Kier molecular flexibility index (Phi) is 6.46. The molecule has 0 fully saturated rings. The van der Waals surface area contributed by atoms with Gasteiger partial charge in [-0.1, -0.05) is 12.1 Å². The van der Waals surface area contributed by atoms with E-state index in [9.17, 15) is 9.59 Å². The first-order valence-electron chi connectivity index (χ1n) is 9.05. The Balaban J connectivity index is 1.84. The minimum absolute atomic E-state index is 0.174. The molecular formula is C23H22N2O3S. The predicted octanol–water partition coefficient (Wildman–Crippen LogP) is 4.78. The molecule has 3 aromatic rings. The van der Waals surface area contributed by atoms with Crippen molar-refractivity contribution >= 4 is 34.9 Å². The van der Waals surface area contributed by atoms with Crippen molar-refractivity contribution in [3.05, 3.63) is 87.2 Å². The second kappa shape index (κ2) is 9.21. The first-order chi connectivity index (χ1) is 13.9. The third-order valence-corrected chi connectivity index (χ3v) is 4.97. The van der Waals surface area contributed by atoms with Crippen LogP contribution in [0, 0.1) is 13.8 Å². The molecule has 0 saturated carbocycles. The summed E-state index contributed by atoms with van der Waals surface area (Å²) in [6, 6.07) is 16.3. The van der Waals surface area contributed by atoms with Crippen molar-refractivity contribution in [3.63, 3.8) is 0 Å². The van der Waals surface area contributed by atoms with Crippen molar-refractivity contribution < 1.29 is 14.3 Å². The normalized spacial score (nSPS) is 11.1. The molecule has 2 N–H and O–H groups in total. The highest BCUT2D eigenvalue weighted by Gasteiger charge is 2.16. The summed E-state index contributed by atoms with van der Waals surface area (Å²) in [5.74, 6) is -0.0974. The van der Waals surface area contributed by atoms with Gasteiger partial charge in [-0.3, -0.25) is 9.59 Å². The van der Waals surface area contributed by atoms with Crippen LogP contribution in [0.3, 0.4) is 0 Å². The summed E-state index contributed by atoms with van der Waals surface area (Å²) in [6.07, 6.45) is 1.67. The van der Waals surface area contributed by atoms with Gasteiger partial charge in [-0.15, -0.1) is 11.3 Å². The largest absolute Gasteiger partial charge is 0.497 e. The Morgan fingerprint density at radius 3 is 2.28 bits per heavy atom. The van der Waals surface area contributed by atoms with Gasteiger partial charge in [-0.25, -0.2) is 0 Å². The van der Waals surface area contributed by atoms with Crippen LogP contribution in [0.15, 0.2) is 65.7 Å². The lowest BCUT2D eigenvalue weighted by molar-refractivity contribution is -0.113. The van der Waals surface area contributed by atoms with Crippen molar-refractivity contribution in [2.75, 3.05) is 12.4 Å². The number of methoxy groups -OCH3 is 1. The molecule has 0 bridgehead atoms. The maximum atomic E-state index is 12.9. The minimum Gasteiger partial charge on any atom is -0.497 e. The second-order valence-electron chi connectivity index (χ2n) is 6.59. The lowest BCUT2D eigenvalue weighted by Crippen LogP contribution is -2.30. The predicted molar refractivity (Wildman–Crippen MR) is 117 cm³/mol. The number of hydrogen-bond acceptors (Lipinski definition) is 4. The molecule has 0 spiro atoms. The number of carbonyl (C=O) groups excluding carboxylic acids is 2. The Bertz CT molecular complexity index is 1020. The van der Waals surface area contributed by atoms with Crippen molar-refractivity contribution in [2.45, 2.75) is 13.8 Å². The molecule has 2 amide bonds. The summed E-state index contributed by atoms with van der Waals surface area (Å²) in [5, 5.41) is 7.52. The number of rotatable bonds is 6. The fraction of sp³-hybridized carbons (Fsp3) is 0.130. The Morgan fingerprint density at radius 2 is 1.69 bits per heavy atom. The van der Waals surface area contributed by atoms with Gasteiger partial charge in [0.25, 0.3) is 11.8 Å². The highest BCUT2D eigenvalue weighted by molar-refractivity contribution is 7.10. The van der Waals surface area contributed by atoms with Crippen LogP contribution >= 0.6 is 11.3 Å². The number of anilines is 1. The summed E-state index contributed by atoms with van der Waals surface area (Å²) >= 11 is 1.48. The molecular weight excluding hydrogens is 384 g/mol. The van der Waals surface area contributed by atoms with Gasteiger partial charge in [0.1, 0.15) is 11.4 Å². The number of carbonyl (C=O) groups is 2. The topological polar surface area (TPSA) is 67.4 Å². The maximum Gasteiger partial charge on any atom is 0.272 e. The molecule has 29 heavy (non-hydrogen) atoms. The van der Waals surface area contributed by atoms with Crippen LogP contribution in [0.5, 0.6) is 5.75 Å². The lowest BCUT2D eigenvalue weighted by atomic mass is 10.1. The van der Waals surface area contributed by atoms with Crippen LogP contribution in [0.2, 0.25) is 0 Å². The number of hydrogen-bond donors (Lipinski definition) is 2. The summed E-state index contributed by atoms with van der Waals surface area (Å²) in [7, 11) is 1.56. The average Bonchev–Trinajstić information content (AvgIpc) is 3.19. The van der Waals surface area contributed by atoms with Gasteiger partial charge in [-0.2, -0.15) is 0 Å². The zero-order chi connectivity index (χ0) is 20.8. The van der Waals surface area contributed by atoms with Crippen LogP contribution in [0.4, 0.5) is 5.69 Å². The van der Waals surface area contributed by atoms with E-state index in [0.29, 0.717) is 17.0 Å². The third kappa shape index (κ3) is 5.56. The van der Waals surface area contributed by atoms with Gasteiger partial charge in [-0.05, 0) is 78.9 Å². The summed E-state index contributed by atoms with van der Waals surface area (Å²) in [4.78, 5) is 26.5. The fourth-order valence-electron chi connectivity index (χ4n) is 2.86. The first kappa shape index (κ1) is 20.4. The van der Waals surface area contributed by atoms with Crippen LogP contribution < -0.4 is 15.4 Å². The van der Waals surface area contributed by atoms with E-state index < -0.39 is 0 Å². The highest BCUT2D eigenvalue weighted by Crippen LogP contribution is 2.17. The highest BCUT2D eigenvalue weighted by atomic mass is 32.1. The summed E-state index contributed by atoms with van der Waals surface area (Å²) < 4.78 is 5.12. The first-order valence-corrected chi connectivity index (χ1v) is 9.93. The fourth-order valence-corrected chi connectivity index (χ4v) is 3.51. The van der Waals surface area contributed by atoms with E-state index in [1.165, 1.54) is 11.3 Å². The van der Waals surface area contributed by atoms with E-state index >= 15 is 0 Å². The monoisotopic (exact) mass is 406 g/mol. The molecule has 5 nitrogen and oxygen atoms in total. The SMILES string of the molecule is COc1ccc(C(=O)N/C(=C\c2cccs2)C(=O)Nc2cc(C)cc(C)c2)cc1. The van der Waals surface area contributed by atoms with Gasteiger partial charge in [0, 0.05) is 16.1 Å². The number of benzene rings is 2. The van der Waals surface area contributed by atoms with Crippen molar-refractivity contribution in [1.29, 1.82) is 0 Å². The molecule has 0 atom stereocenters. The van der Waals surface area contributed by atoms with E-state index in [0.717, 1.165) is 16.0 Å². The number of aryl methyl sites for hydroxylation is 2. The molecule has 1 aromatic heterocycles. The van der Waals surface area contributed by atoms with E-state index in [-0.39, 0.29) is 17.5 Å². The minimum atomic E-state index is -0.384. The molecule has 1 heterocycles. The van der Waals surface area contributed by atoms with Gasteiger partial charge < -0.3 is 15.4 Å². The molecule has 148 valence electrons. The second-order valence-corrected chi connectivity index (χ2v) is 7.57. The van der Waals surface area contributed by atoms with Crippen molar-refractivity contribution in [2.24, 2.45) is 0 Å². The van der Waals surface area contributed by atoms with Crippen molar-refractivity contribution in [1.82, 2.24) is 5.32 Å². The van der Waals surface area contributed by atoms with Gasteiger partial charge in [0.2, 0.25) is 0 Å². The number of amides is 2. The lowest BCUT2D eigenvalue weighted by Gasteiger charge is -2.12. The number of thiophene rings is 1. The molecule has 0 aliphatic rings. The molecule has 2 aromatic carbocycles. The average molecular weight is 407 g/mol. The van der Waals surface area contributed by atoms with Crippen LogP contribution in [0.1, 0.15) is 26.4 Å². The molecule has 0 aliphatic heterocycles.